The molecule has 1 saturated heterocycles. The average Bonchev–Trinajstić information content (AvgIpc) is 2.88. The molecule has 2 bridgehead atoms. The highest BCUT2D eigenvalue weighted by Gasteiger charge is 2.58. The summed E-state index contributed by atoms with van der Waals surface area (Å²) in [6.07, 6.45) is -0.503. The highest BCUT2D eigenvalue weighted by molar-refractivity contribution is 6.25. The maximum atomic E-state index is 13.7. The van der Waals surface area contributed by atoms with Gasteiger partial charge in [0.1, 0.15) is 12.2 Å². The fourth-order valence-corrected chi connectivity index (χ4v) is 6.88. The molecule has 5 unspecified atom stereocenters. The van der Waals surface area contributed by atoms with Crippen molar-refractivity contribution in [2.45, 2.75) is 70.0 Å². The molecule has 11 heteroatoms. The number of phenolic OH excluding ortho intramolecular Hbond substituents is 1. The third-order valence-corrected chi connectivity index (χ3v) is 8.63. The van der Waals surface area contributed by atoms with Gasteiger partial charge in [0, 0.05) is 34.4 Å². The van der Waals surface area contributed by atoms with Crippen LogP contribution >= 0.6 is 0 Å². The molecule has 5 rings (SSSR count). The third kappa shape index (κ3) is 3.70. The van der Waals surface area contributed by atoms with Crippen molar-refractivity contribution in [3.8, 4) is 17.6 Å². The van der Waals surface area contributed by atoms with E-state index in [1.807, 2.05) is 24.9 Å². The highest BCUT2D eigenvalue weighted by Crippen LogP contribution is 2.53. The molecule has 39 heavy (non-hydrogen) atoms. The molecule has 4 N–H and O–H groups in total. The lowest BCUT2D eigenvalue weighted by Gasteiger charge is -2.60. The first-order valence-corrected chi connectivity index (χ1v) is 12.9. The van der Waals surface area contributed by atoms with E-state index in [1.54, 1.807) is 6.92 Å². The van der Waals surface area contributed by atoms with Gasteiger partial charge < -0.3 is 25.6 Å². The number of methoxy groups -OCH3 is 2. The number of allylic oxidation sites excluding steroid dienone is 2. The van der Waals surface area contributed by atoms with Gasteiger partial charge in [-0.25, -0.2) is 0 Å². The van der Waals surface area contributed by atoms with Gasteiger partial charge >= 0.3 is 0 Å². The average molecular weight is 536 g/mol. The van der Waals surface area contributed by atoms with E-state index in [4.69, 9.17) is 15.2 Å². The second-order valence-electron chi connectivity index (χ2n) is 10.7. The molecule has 1 fully saturated rings. The Hall–Kier alpha value is -3.72. The fourth-order valence-electron chi connectivity index (χ4n) is 6.88. The lowest BCUT2D eigenvalue weighted by Crippen LogP contribution is -2.73. The summed E-state index contributed by atoms with van der Waals surface area (Å²) in [4.78, 5) is 44.2. The molecule has 0 aromatic heterocycles. The van der Waals surface area contributed by atoms with E-state index in [0.717, 1.165) is 11.1 Å². The van der Waals surface area contributed by atoms with Crippen molar-refractivity contribution in [2.24, 2.45) is 5.73 Å². The number of phenols is 1. The van der Waals surface area contributed by atoms with Crippen LogP contribution in [-0.4, -0.2) is 84.0 Å². The summed E-state index contributed by atoms with van der Waals surface area (Å²) in [6, 6.07) is 1.42. The van der Waals surface area contributed by atoms with E-state index in [-0.39, 0.29) is 46.5 Å². The Labute approximate surface area is 226 Å². The maximum absolute atomic E-state index is 13.7. The normalized spacial score (nSPS) is 29.2. The van der Waals surface area contributed by atoms with E-state index in [2.05, 4.69) is 16.3 Å². The number of nitrogens with one attached hydrogen (secondary N) is 1. The van der Waals surface area contributed by atoms with E-state index in [0.29, 0.717) is 17.7 Å². The van der Waals surface area contributed by atoms with Crippen molar-refractivity contribution < 1.29 is 29.0 Å². The van der Waals surface area contributed by atoms with Crippen LogP contribution in [0.25, 0.3) is 0 Å². The number of carbonyl (C=O) groups is 3. The number of hydrogen-bond acceptors (Lipinski definition) is 10. The van der Waals surface area contributed by atoms with E-state index < -0.39 is 42.0 Å². The maximum Gasteiger partial charge on any atom is 0.238 e. The standard InChI is InChI=1S/C28H33N5O6/c1-11-7-14-8-16-18(10-29)33-17(21(32(16)4)19(14)23(35)25(11)38-5)9-15-20(27(33)31-28(37)13(3)30)24(36)26(39-6)12(2)22(15)34/h7,13,16-18,21,27,35H,8-9,30H2,1-6H3,(H,31,37)/t13?,16?,17?,18-,21?,27?/m0/s1. The van der Waals surface area contributed by atoms with Crippen molar-refractivity contribution in [3.05, 3.63) is 45.2 Å². The molecule has 1 aromatic carbocycles. The van der Waals surface area contributed by atoms with Gasteiger partial charge in [0.2, 0.25) is 11.7 Å². The van der Waals surface area contributed by atoms with Gasteiger partial charge in [-0.3, -0.25) is 24.2 Å². The van der Waals surface area contributed by atoms with Crippen LogP contribution in [-0.2, 0) is 25.5 Å². The fraction of sp³-hybridized carbons (Fsp3) is 0.500. The second kappa shape index (κ2) is 9.48. The van der Waals surface area contributed by atoms with Crippen LogP contribution in [0.1, 0.15) is 43.0 Å². The molecule has 1 amide bonds. The van der Waals surface area contributed by atoms with Crippen LogP contribution in [0.15, 0.2) is 28.5 Å². The Morgan fingerprint density at radius 1 is 1.21 bits per heavy atom. The molecule has 4 aliphatic rings. The van der Waals surface area contributed by atoms with Gasteiger partial charge in [-0.1, -0.05) is 6.07 Å². The Morgan fingerprint density at radius 2 is 1.90 bits per heavy atom. The first-order valence-electron chi connectivity index (χ1n) is 12.9. The smallest absolute Gasteiger partial charge is 0.238 e. The number of fused-ring (bicyclic) bond motifs is 6. The number of nitrogens with zero attached hydrogens (tertiary/aromatic N) is 3. The van der Waals surface area contributed by atoms with Gasteiger partial charge in [-0.2, -0.15) is 5.26 Å². The Morgan fingerprint density at radius 3 is 2.49 bits per heavy atom. The summed E-state index contributed by atoms with van der Waals surface area (Å²) in [5.41, 5.74) is 8.77. The van der Waals surface area contributed by atoms with Crippen LogP contribution < -0.4 is 15.8 Å². The van der Waals surface area contributed by atoms with Gasteiger partial charge in [-0.05, 0) is 51.8 Å². The van der Waals surface area contributed by atoms with Crippen molar-refractivity contribution in [3.63, 3.8) is 0 Å². The van der Waals surface area contributed by atoms with Crippen molar-refractivity contribution in [2.75, 3.05) is 21.3 Å². The summed E-state index contributed by atoms with van der Waals surface area (Å²) in [5, 5.41) is 24.7. The van der Waals surface area contributed by atoms with Gasteiger partial charge in [0.05, 0.1) is 32.4 Å². The Balaban J connectivity index is 1.76. The third-order valence-electron chi connectivity index (χ3n) is 8.63. The molecular formula is C28H33N5O6. The quantitative estimate of drug-likeness (QED) is 0.470. The predicted molar refractivity (Wildman–Crippen MR) is 139 cm³/mol. The van der Waals surface area contributed by atoms with E-state index >= 15 is 0 Å². The van der Waals surface area contributed by atoms with Crippen LogP contribution in [0.3, 0.4) is 0 Å². The number of ether oxygens (including phenoxy) is 2. The summed E-state index contributed by atoms with van der Waals surface area (Å²) in [6.45, 7) is 4.92. The minimum absolute atomic E-state index is 0.0119. The molecule has 6 atom stereocenters. The number of nitriles is 1. The number of rotatable bonds is 4. The number of aromatic hydroxyl groups is 1. The topological polar surface area (TPSA) is 158 Å². The van der Waals surface area contributed by atoms with E-state index in [9.17, 15) is 24.8 Å². The molecule has 1 aromatic rings. The summed E-state index contributed by atoms with van der Waals surface area (Å²) in [7, 11) is 4.71. The van der Waals surface area contributed by atoms with E-state index in [1.165, 1.54) is 21.1 Å². The zero-order chi connectivity index (χ0) is 28.5. The van der Waals surface area contributed by atoms with Crippen molar-refractivity contribution in [1.29, 1.82) is 5.26 Å². The molecule has 0 radical (unpaired) electrons. The summed E-state index contributed by atoms with van der Waals surface area (Å²) < 4.78 is 10.8. The monoisotopic (exact) mass is 535 g/mol. The van der Waals surface area contributed by atoms with Crippen LogP contribution in [0, 0.1) is 18.3 Å². The summed E-state index contributed by atoms with van der Waals surface area (Å²) >= 11 is 0. The molecular weight excluding hydrogens is 502 g/mol. The minimum Gasteiger partial charge on any atom is -0.504 e. The Bertz CT molecular complexity index is 1410. The molecule has 0 saturated carbocycles. The molecule has 3 heterocycles. The highest BCUT2D eigenvalue weighted by atomic mass is 16.5. The number of likely N-dealkylation sites (N-methyl/N-ethyl adjacent to an activating group) is 1. The van der Waals surface area contributed by atoms with Crippen LogP contribution in [0.2, 0.25) is 0 Å². The minimum atomic E-state index is -1.09. The first-order chi connectivity index (χ1) is 18.5. The lowest BCUT2D eigenvalue weighted by atomic mass is 9.71. The zero-order valence-corrected chi connectivity index (χ0v) is 22.9. The first kappa shape index (κ1) is 26.9. The van der Waals surface area contributed by atoms with Crippen LogP contribution in [0.5, 0.6) is 11.5 Å². The number of carbonyl (C=O) groups excluding carboxylic acids is 3. The molecule has 1 aliphatic carbocycles. The number of ketones is 2. The van der Waals surface area contributed by atoms with Crippen molar-refractivity contribution >= 4 is 17.5 Å². The number of piperazine rings is 1. The zero-order valence-electron chi connectivity index (χ0n) is 22.9. The van der Waals surface area contributed by atoms with Crippen molar-refractivity contribution in [1.82, 2.24) is 15.1 Å². The second-order valence-corrected chi connectivity index (χ2v) is 10.7. The number of benzene rings is 1. The molecule has 0 spiro atoms. The molecule has 3 aliphatic heterocycles. The van der Waals surface area contributed by atoms with Crippen LogP contribution in [0.4, 0.5) is 0 Å². The molecule has 206 valence electrons. The number of amides is 1. The number of Topliss-reactive ketones (excluding diaryl/α,β-unsaturated/α-hetero) is 2. The predicted octanol–water partition coefficient (Wildman–Crippen LogP) is 0.745. The SMILES string of the molecule is COC1=C(C)C(=O)C2=C(C1=O)C(NC(=O)C(C)N)N1C(C2)C2c3c(cc(C)c(OC)c3O)CC([C@@H]1C#N)N2C. The van der Waals surface area contributed by atoms with Gasteiger partial charge in [0.25, 0.3) is 0 Å². The van der Waals surface area contributed by atoms with Gasteiger partial charge in [-0.15, -0.1) is 0 Å². The largest absolute Gasteiger partial charge is 0.504 e. The number of nitrogens with two attached hydrogens (primary N) is 1. The summed E-state index contributed by atoms with van der Waals surface area (Å²) in [5.74, 6) is -1.08. The number of hydrogen-bond donors (Lipinski definition) is 3. The Kier molecular flexibility index (Phi) is 6.53. The number of aryl methyl sites for hydroxylation is 1. The lowest BCUT2D eigenvalue weighted by molar-refractivity contribution is -0.130. The molecule has 11 nitrogen and oxygen atoms in total. The van der Waals surface area contributed by atoms with Gasteiger partial charge in [0.15, 0.2) is 23.0 Å².